The summed E-state index contributed by atoms with van der Waals surface area (Å²) in [5.74, 6) is 0.136. The van der Waals surface area contributed by atoms with Gasteiger partial charge >= 0.3 is 0 Å². The molecule has 0 fully saturated rings. The minimum Gasteiger partial charge on any atom is -0.337 e. The number of rotatable bonds is 4. The number of anilines is 3. The van der Waals surface area contributed by atoms with Crippen molar-refractivity contribution in [2.45, 2.75) is 0 Å². The summed E-state index contributed by atoms with van der Waals surface area (Å²) in [4.78, 5) is 25.1. The average molecular weight is 376 g/mol. The number of hydrogen-bond donors (Lipinski definition) is 2. The van der Waals surface area contributed by atoms with Gasteiger partial charge in [0.15, 0.2) is 0 Å². The fourth-order valence-corrected chi connectivity index (χ4v) is 2.78. The van der Waals surface area contributed by atoms with Gasteiger partial charge in [-0.2, -0.15) is 0 Å². The SMILES string of the molecule is O=C(Nc1ccccc1Cl)c1cnc(Nc2cccc3cccnc23)cn1. The van der Waals surface area contributed by atoms with Gasteiger partial charge in [0.1, 0.15) is 11.5 Å². The number of benzene rings is 2. The highest BCUT2D eigenvalue weighted by Gasteiger charge is 2.11. The van der Waals surface area contributed by atoms with Gasteiger partial charge < -0.3 is 10.6 Å². The van der Waals surface area contributed by atoms with E-state index in [4.69, 9.17) is 11.6 Å². The highest BCUT2D eigenvalue weighted by atomic mass is 35.5. The lowest BCUT2D eigenvalue weighted by Gasteiger charge is -2.09. The van der Waals surface area contributed by atoms with Crippen molar-refractivity contribution in [2.24, 2.45) is 0 Å². The lowest BCUT2D eigenvalue weighted by Crippen LogP contribution is -2.14. The first-order valence-electron chi connectivity index (χ1n) is 8.19. The fraction of sp³-hybridized carbons (Fsp3) is 0. The largest absolute Gasteiger partial charge is 0.337 e. The standard InChI is InChI=1S/C20H14ClN5O/c21-14-7-1-2-8-15(14)26-20(27)17-11-24-18(12-23-17)25-16-9-3-5-13-6-4-10-22-19(13)16/h1-12H,(H,24,25)(H,26,27). The Bertz CT molecular complexity index is 1110. The van der Waals surface area contributed by atoms with Crippen LogP contribution in [-0.2, 0) is 0 Å². The molecule has 4 aromatic rings. The molecule has 27 heavy (non-hydrogen) atoms. The highest BCUT2D eigenvalue weighted by molar-refractivity contribution is 6.33. The van der Waals surface area contributed by atoms with Crippen LogP contribution in [0.2, 0.25) is 5.02 Å². The van der Waals surface area contributed by atoms with Crippen molar-refractivity contribution < 1.29 is 4.79 Å². The summed E-state index contributed by atoms with van der Waals surface area (Å²) < 4.78 is 0. The molecule has 0 aliphatic heterocycles. The van der Waals surface area contributed by atoms with Crippen molar-refractivity contribution in [1.82, 2.24) is 15.0 Å². The molecule has 132 valence electrons. The second kappa shape index (κ2) is 7.39. The molecule has 2 N–H and O–H groups in total. The minimum atomic E-state index is -0.381. The number of nitrogens with one attached hydrogen (secondary N) is 2. The molecule has 2 heterocycles. The molecule has 0 aliphatic carbocycles. The van der Waals surface area contributed by atoms with Gasteiger partial charge in [0.25, 0.3) is 5.91 Å². The number of aromatic nitrogens is 3. The molecule has 0 saturated carbocycles. The number of carbonyl (C=O) groups is 1. The van der Waals surface area contributed by atoms with Crippen molar-refractivity contribution in [3.8, 4) is 0 Å². The molecule has 0 spiro atoms. The maximum absolute atomic E-state index is 12.3. The summed E-state index contributed by atoms with van der Waals surface area (Å²) in [6.45, 7) is 0. The zero-order valence-electron chi connectivity index (χ0n) is 14.1. The molecule has 7 heteroatoms. The fourth-order valence-electron chi connectivity index (χ4n) is 2.60. The van der Waals surface area contributed by atoms with Crippen LogP contribution in [0, 0.1) is 0 Å². The van der Waals surface area contributed by atoms with Crippen LogP contribution in [-0.4, -0.2) is 20.9 Å². The third-order valence-corrected chi connectivity index (χ3v) is 4.23. The Morgan fingerprint density at radius 2 is 1.67 bits per heavy atom. The van der Waals surface area contributed by atoms with E-state index in [-0.39, 0.29) is 11.6 Å². The van der Waals surface area contributed by atoms with Crippen LogP contribution in [0.15, 0.2) is 73.2 Å². The molecular weight excluding hydrogens is 362 g/mol. The van der Waals surface area contributed by atoms with Crippen LogP contribution in [0.4, 0.5) is 17.2 Å². The van der Waals surface area contributed by atoms with Crippen LogP contribution in [0.25, 0.3) is 10.9 Å². The predicted octanol–water partition coefficient (Wildman–Crippen LogP) is 4.67. The van der Waals surface area contributed by atoms with Gasteiger partial charge in [-0.1, -0.05) is 41.9 Å². The normalized spacial score (nSPS) is 10.6. The Kier molecular flexibility index (Phi) is 4.63. The van der Waals surface area contributed by atoms with Gasteiger partial charge in [0.2, 0.25) is 0 Å². The summed E-state index contributed by atoms with van der Waals surface area (Å²) in [6.07, 6.45) is 4.65. The van der Waals surface area contributed by atoms with Crippen molar-refractivity contribution in [1.29, 1.82) is 0 Å². The topological polar surface area (TPSA) is 79.8 Å². The monoisotopic (exact) mass is 375 g/mol. The van der Waals surface area contributed by atoms with Gasteiger partial charge in [-0.25, -0.2) is 9.97 Å². The van der Waals surface area contributed by atoms with Gasteiger partial charge in [-0.3, -0.25) is 9.78 Å². The lowest BCUT2D eigenvalue weighted by molar-refractivity contribution is 0.102. The Morgan fingerprint density at radius 1 is 0.852 bits per heavy atom. The Labute approximate surface area is 160 Å². The molecule has 0 aliphatic rings. The summed E-state index contributed by atoms with van der Waals surface area (Å²) in [7, 11) is 0. The van der Waals surface area contributed by atoms with Crippen molar-refractivity contribution >= 4 is 45.6 Å². The molecule has 4 rings (SSSR count). The van der Waals surface area contributed by atoms with Gasteiger partial charge in [-0.15, -0.1) is 0 Å². The molecular formula is C20H14ClN5O. The number of halogens is 1. The first-order chi connectivity index (χ1) is 13.2. The van der Waals surface area contributed by atoms with Gasteiger partial charge in [0.05, 0.1) is 34.3 Å². The maximum Gasteiger partial charge on any atom is 0.275 e. The van der Waals surface area contributed by atoms with E-state index in [1.54, 1.807) is 30.5 Å². The Balaban J connectivity index is 1.52. The summed E-state index contributed by atoms with van der Waals surface area (Å²) in [5, 5.41) is 7.38. The van der Waals surface area contributed by atoms with Gasteiger partial charge in [0, 0.05) is 11.6 Å². The highest BCUT2D eigenvalue weighted by Crippen LogP contribution is 2.24. The summed E-state index contributed by atoms with van der Waals surface area (Å²) in [6, 6.07) is 16.7. The Hall–Kier alpha value is -3.51. The molecule has 0 bridgehead atoms. The molecule has 0 radical (unpaired) electrons. The second-order valence-electron chi connectivity index (χ2n) is 5.73. The zero-order valence-corrected chi connectivity index (χ0v) is 14.8. The molecule has 0 saturated heterocycles. The molecule has 0 atom stereocenters. The number of hydrogen-bond acceptors (Lipinski definition) is 5. The predicted molar refractivity (Wildman–Crippen MR) is 106 cm³/mol. The number of amides is 1. The maximum atomic E-state index is 12.3. The number of pyridine rings is 1. The van der Waals surface area contributed by atoms with E-state index in [2.05, 4.69) is 25.6 Å². The van der Waals surface area contributed by atoms with E-state index >= 15 is 0 Å². The van der Waals surface area contributed by atoms with E-state index < -0.39 is 0 Å². The van der Waals surface area contributed by atoms with E-state index in [9.17, 15) is 4.79 Å². The van der Waals surface area contributed by atoms with Crippen molar-refractivity contribution in [3.63, 3.8) is 0 Å². The molecule has 0 unspecified atom stereocenters. The number of carbonyl (C=O) groups excluding carboxylic acids is 1. The Morgan fingerprint density at radius 3 is 2.48 bits per heavy atom. The summed E-state index contributed by atoms with van der Waals surface area (Å²) >= 11 is 6.05. The molecule has 2 aromatic heterocycles. The van der Waals surface area contributed by atoms with Crippen LogP contribution in [0.1, 0.15) is 10.5 Å². The van der Waals surface area contributed by atoms with E-state index in [0.29, 0.717) is 16.5 Å². The van der Waals surface area contributed by atoms with Gasteiger partial charge in [-0.05, 0) is 24.3 Å². The zero-order chi connectivity index (χ0) is 18.6. The van der Waals surface area contributed by atoms with E-state index in [1.807, 2.05) is 30.3 Å². The van der Waals surface area contributed by atoms with E-state index in [0.717, 1.165) is 16.6 Å². The molecule has 1 amide bonds. The number of fused-ring (bicyclic) bond motifs is 1. The minimum absolute atomic E-state index is 0.191. The van der Waals surface area contributed by atoms with Crippen molar-refractivity contribution in [2.75, 3.05) is 10.6 Å². The van der Waals surface area contributed by atoms with Crippen LogP contribution in [0.5, 0.6) is 0 Å². The smallest absolute Gasteiger partial charge is 0.275 e. The average Bonchev–Trinajstić information content (AvgIpc) is 2.70. The molecule has 6 nitrogen and oxygen atoms in total. The quantitative estimate of drug-likeness (QED) is 0.541. The number of nitrogens with zero attached hydrogens (tertiary/aromatic N) is 3. The summed E-state index contributed by atoms with van der Waals surface area (Å²) in [5.41, 5.74) is 2.37. The lowest BCUT2D eigenvalue weighted by atomic mass is 10.2. The first kappa shape index (κ1) is 16.9. The molecule has 2 aromatic carbocycles. The second-order valence-corrected chi connectivity index (χ2v) is 6.13. The third kappa shape index (κ3) is 3.70. The van der Waals surface area contributed by atoms with Crippen LogP contribution < -0.4 is 10.6 Å². The third-order valence-electron chi connectivity index (χ3n) is 3.90. The van der Waals surface area contributed by atoms with Crippen molar-refractivity contribution in [3.05, 3.63) is 83.9 Å². The van der Waals surface area contributed by atoms with Crippen LogP contribution >= 0.6 is 11.6 Å². The number of para-hydroxylation sites is 2. The first-order valence-corrected chi connectivity index (χ1v) is 8.57. The van der Waals surface area contributed by atoms with E-state index in [1.165, 1.54) is 12.4 Å². The van der Waals surface area contributed by atoms with Crippen LogP contribution in [0.3, 0.4) is 0 Å².